The zero-order valence-corrected chi connectivity index (χ0v) is 23.8. The molecule has 6 heteroatoms. The molecule has 2 heterocycles. The Morgan fingerprint density at radius 2 is 1.28 bits per heavy atom. The van der Waals surface area contributed by atoms with Crippen LogP contribution in [-0.2, 0) is 19.2 Å². The highest BCUT2D eigenvalue weighted by Gasteiger charge is 2.81. The lowest BCUT2D eigenvalue weighted by Gasteiger charge is -2.59. The number of likely N-dealkylation sites (tertiary alicyclic amines) is 2. The van der Waals surface area contributed by atoms with E-state index in [1.807, 2.05) is 4.90 Å². The van der Waals surface area contributed by atoms with Crippen molar-refractivity contribution in [1.82, 2.24) is 9.80 Å². The van der Waals surface area contributed by atoms with Crippen LogP contribution in [0, 0.1) is 82.3 Å². The van der Waals surface area contributed by atoms with E-state index >= 15 is 0 Å². The SMILES string of the molecule is CCCCC1(C)CC2CCCC(N3C(=O)C4C5CC(C4C3=O)C3C4C6CC(C7C(=O)N(C)C(=O)C67)C4C53)(C2)C1. The Morgan fingerprint density at radius 1 is 0.769 bits per heavy atom. The summed E-state index contributed by atoms with van der Waals surface area (Å²) in [7, 11) is 1.67. The van der Waals surface area contributed by atoms with E-state index in [-0.39, 0.29) is 58.3 Å². The molecule has 7 aliphatic carbocycles. The molecule has 6 nitrogen and oxygen atoms in total. The van der Waals surface area contributed by atoms with Gasteiger partial charge in [0, 0.05) is 7.05 Å². The van der Waals surface area contributed by atoms with Crippen molar-refractivity contribution in [2.75, 3.05) is 7.05 Å². The smallest absolute Gasteiger partial charge is 0.233 e. The van der Waals surface area contributed by atoms with E-state index in [0.717, 1.165) is 38.5 Å². The number of fused-ring (bicyclic) bond motifs is 20. The number of imide groups is 2. The zero-order chi connectivity index (χ0) is 26.7. The molecule has 15 unspecified atom stereocenters. The molecule has 4 amide bonds. The number of nitrogens with zero attached hydrogens (tertiary/aromatic N) is 2. The Kier molecular flexibility index (Phi) is 4.52. The summed E-state index contributed by atoms with van der Waals surface area (Å²) >= 11 is 0. The van der Waals surface area contributed by atoms with Crippen molar-refractivity contribution in [2.24, 2.45) is 82.3 Å². The maximum Gasteiger partial charge on any atom is 0.233 e. The predicted molar refractivity (Wildman–Crippen MR) is 142 cm³/mol. The highest BCUT2D eigenvalue weighted by molar-refractivity contribution is 6.07. The molecule has 0 spiro atoms. The lowest BCUT2D eigenvalue weighted by molar-refractivity contribution is -0.159. The van der Waals surface area contributed by atoms with Crippen LogP contribution in [0.1, 0.15) is 84.5 Å². The first-order valence-corrected chi connectivity index (χ1v) is 16.4. The Morgan fingerprint density at radius 3 is 1.79 bits per heavy atom. The molecule has 9 fully saturated rings. The van der Waals surface area contributed by atoms with Crippen LogP contribution in [0.15, 0.2) is 0 Å². The summed E-state index contributed by atoms with van der Waals surface area (Å²) in [5, 5.41) is 0. The molecule has 15 atom stereocenters. The van der Waals surface area contributed by atoms with Gasteiger partial charge in [0.05, 0.1) is 29.2 Å². The van der Waals surface area contributed by atoms with Crippen molar-refractivity contribution < 1.29 is 19.2 Å². The monoisotopic (exact) mass is 532 g/mol. The summed E-state index contributed by atoms with van der Waals surface area (Å²) in [6, 6.07) is 0. The minimum atomic E-state index is -0.254. The topological polar surface area (TPSA) is 74.8 Å². The summed E-state index contributed by atoms with van der Waals surface area (Å²) in [6.45, 7) is 4.71. The van der Waals surface area contributed by atoms with Crippen molar-refractivity contribution in [2.45, 2.75) is 90.0 Å². The summed E-state index contributed by atoms with van der Waals surface area (Å²) in [6.07, 6.45) is 12.4. The molecule has 9 aliphatic rings. The normalized spacial score (nSPS) is 57.7. The lowest BCUT2D eigenvalue weighted by atomic mass is 9.43. The van der Waals surface area contributed by atoms with Crippen LogP contribution >= 0.6 is 0 Å². The molecular formula is C33H44N2O4. The number of carbonyl (C=O) groups excluding carboxylic acids is 4. The van der Waals surface area contributed by atoms with Gasteiger partial charge < -0.3 is 0 Å². The van der Waals surface area contributed by atoms with Gasteiger partial charge in [-0.2, -0.15) is 0 Å². The van der Waals surface area contributed by atoms with E-state index in [0.29, 0.717) is 53.3 Å². The third-order valence-electron chi connectivity index (χ3n) is 14.8. The predicted octanol–water partition coefficient (Wildman–Crippen LogP) is 4.52. The molecule has 6 bridgehead atoms. The van der Waals surface area contributed by atoms with Gasteiger partial charge in [0.15, 0.2) is 0 Å². The summed E-state index contributed by atoms with van der Waals surface area (Å²) in [4.78, 5) is 58.3. The van der Waals surface area contributed by atoms with Crippen LogP contribution in [0.4, 0.5) is 0 Å². The Balaban J connectivity index is 1.03. The Hall–Kier alpha value is -1.72. The summed E-state index contributed by atoms with van der Waals surface area (Å²) in [5.74, 6) is 3.97. The Bertz CT molecular complexity index is 1150. The number of unbranched alkanes of at least 4 members (excludes halogenated alkanes) is 1. The summed E-state index contributed by atoms with van der Waals surface area (Å²) < 4.78 is 0. The average molecular weight is 533 g/mol. The largest absolute Gasteiger partial charge is 0.285 e. The number of rotatable bonds is 4. The standard InChI is InChI=1S/C33H44N2O4/c1-4-5-8-32(2)12-15-7-6-9-33(13-15,14-32)35-30(38)26-18-11-19(27(26)31(35)39)23-21-17-10-16(20(21)22(18)23)24-25(17)29(37)34(3)28(24)36/h15-27H,4-14H2,1-3H3. The molecule has 39 heavy (non-hydrogen) atoms. The van der Waals surface area contributed by atoms with Gasteiger partial charge in [0.1, 0.15) is 0 Å². The second kappa shape index (κ2) is 7.37. The van der Waals surface area contributed by atoms with Gasteiger partial charge in [0.25, 0.3) is 0 Å². The molecular weight excluding hydrogens is 488 g/mol. The molecule has 210 valence electrons. The fourth-order valence-corrected chi connectivity index (χ4v) is 14.2. The number of carbonyl (C=O) groups is 4. The highest BCUT2D eigenvalue weighted by atomic mass is 16.2. The number of amides is 4. The van der Waals surface area contributed by atoms with E-state index in [1.165, 1.54) is 37.0 Å². The maximum absolute atomic E-state index is 14.5. The molecule has 0 aromatic heterocycles. The quantitative estimate of drug-likeness (QED) is 0.394. The van der Waals surface area contributed by atoms with Crippen molar-refractivity contribution in [3.05, 3.63) is 0 Å². The second-order valence-corrected chi connectivity index (χ2v) is 16.3. The van der Waals surface area contributed by atoms with Gasteiger partial charge in [-0.3, -0.25) is 29.0 Å². The average Bonchev–Trinajstić information content (AvgIpc) is 3.67. The van der Waals surface area contributed by atoms with Crippen molar-refractivity contribution >= 4 is 23.6 Å². The second-order valence-electron chi connectivity index (χ2n) is 16.3. The van der Waals surface area contributed by atoms with Gasteiger partial charge in [-0.25, -0.2) is 0 Å². The molecule has 7 saturated carbocycles. The van der Waals surface area contributed by atoms with E-state index in [9.17, 15) is 19.2 Å². The first-order valence-electron chi connectivity index (χ1n) is 16.4. The number of hydrogen-bond acceptors (Lipinski definition) is 4. The first kappa shape index (κ1) is 23.9. The minimum Gasteiger partial charge on any atom is -0.285 e. The molecule has 0 aromatic rings. The van der Waals surface area contributed by atoms with Crippen LogP contribution in [0.3, 0.4) is 0 Å². The van der Waals surface area contributed by atoms with E-state index in [2.05, 4.69) is 13.8 Å². The fourth-order valence-electron chi connectivity index (χ4n) is 14.2. The molecule has 0 aromatic carbocycles. The third kappa shape index (κ3) is 2.59. The highest BCUT2D eigenvalue weighted by Crippen LogP contribution is 2.80. The van der Waals surface area contributed by atoms with Crippen LogP contribution in [0.2, 0.25) is 0 Å². The van der Waals surface area contributed by atoms with E-state index in [4.69, 9.17) is 0 Å². The van der Waals surface area contributed by atoms with Crippen LogP contribution in [0.25, 0.3) is 0 Å². The molecule has 9 rings (SSSR count). The van der Waals surface area contributed by atoms with Gasteiger partial charge in [0.2, 0.25) is 23.6 Å². The fraction of sp³-hybridized carbons (Fsp3) is 0.879. The van der Waals surface area contributed by atoms with E-state index < -0.39 is 0 Å². The third-order valence-corrected chi connectivity index (χ3v) is 14.8. The van der Waals surface area contributed by atoms with Crippen LogP contribution in [-0.4, -0.2) is 46.0 Å². The first-order chi connectivity index (χ1) is 18.7. The molecule has 2 aliphatic heterocycles. The van der Waals surface area contributed by atoms with Crippen LogP contribution < -0.4 is 0 Å². The molecule has 0 radical (unpaired) electrons. The van der Waals surface area contributed by atoms with Crippen molar-refractivity contribution in [3.8, 4) is 0 Å². The molecule has 0 N–H and O–H groups in total. The Labute approximate surface area is 232 Å². The van der Waals surface area contributed by atoms with Crippen molar-refractivity contribution in [3.63, 3.8) is 0 Å². The van der Waals surface area contributed by atoms with Crippen LogP contribution in [0.5, 0.6) is 0 Å². The van der Waals surface area contributed by atoms with Gasteiger partial charge in [-0.15, -0.1) is 0 Å². The summed E-state index contributed by atoms with van der Waals surface area (Å²) in [5.41, 5.74) is -0.0220. The van der Waals surface area contributed by atoms with Crippen molar-refractivity contribution in [1.29, 1.82) is 0 Å². The maximum atomic E-state index is 14.5. The lowest BCUT2D eigenvalue weighted by Crippen LogP contribution is -2.59. The zero-order valence-electron chi connectivity index (χ0n) is 23.8. The van der Waals surface area contributed by atoms with Gasteiger partial charge in [-0.05, 0) is 104 Å². The van der Waals surface area contributed by atoms with Gasteiger partial charge >= 0.3 is 0 Å². The van der Waals surface area contributed by atoms with Gasteiger partial charge in [-0.1, -0.05) is 39.5 Å². The minimum absolute atomic E-state index is 0.0492. The number of hydrogen-bond donors (Lipinski definition) is 0. The van der Waals surface area contributed by atoms with E-state index in [1.54, 1.807) is 7.05 Å². The molecule has 2 saturated heterocycles.